The van der Waals surface area contributed by atoms with Gasteiger partial charge >= 0.3 is 0 Å². The van der Waals surface area contributed by atoms with Crippen LogP contribution in [0.25, 0.3) is 0 Å². The van der Waals surface area contributed by atoms with E-state index in [0.717, 1.165) is 56.9 Å². The van der Waals surface area contributed by atoms with Crippen LogP contribution in [0.1, 0.15) is 33.8 Å². The number of nitrogens with two attached hydrogens (primary N) is 1. The second kappa shape index (κ2) is 9.35. The Balaban J connectivity index is 1.68. The third-order valence-electron chi connectivity index (χ3n) is 6.37. The summed E-state index contributed by atoms with van der Waals surface area (Å²) in [5.74, 6) is 0.482. The van der Waals surface area contributed by atoms with Crippen LogP contribution in [0.2, 0.25) is 0 Å². The van der Waals surface area contributed by atoms with Gasteiger partial charge in [-0.25, -0.2) is 0 Å². The summed E-state index contributed by atoms with van der Waals surface area (Å²) < 4.78 is 6.24. The number of hydrogen-bond acceptors (Lipinski definition) is 6. The topological polar surface area (TPSA) is 87.9 Å². The van der Waals surface area contributed by atoms with E-state index < -0.39 is 0 Å². The summed E-state index contributed by atoms with van der Waals surface area (Å²) in [6, 6.07) is 3.89. The van der Waals surface area contributed by atoms with E-state index in [2.05, 4.69) is 22.2 Å². The summed E-state index contributed by atoms with van der Waals surface area (Å²) in [7, 11) is 3.91. The maximum absolute atomic E-state index is 11.6. The monoisotopic (exact) mass is 408 g/mol. The van der Waals surface area contributed by atoms with Gasteiger partial charge in [-0.3, -0.25) is 9.59 Å². The predicted octanol–water partition coefficient (Wildman–Crippen LogP) is 1.10. The van der Waals surface area contributed by atoms with E-state index in [9.17, 15) is 9.59 Å². The highest BCUT2D eigenvalue weighted by Crippen LogP contribution is 2.53. The Morgan fingerprint density at radius 1 is 1.39 bits per heavy atom. The smallest absolute Gasteiger partial charge is 0.258 e. The number of fused-ring (bicyclic) bond motifs is 2. The van der Waals surface area contributed by atoms with E-state index in [-0.39, 0.29) is 11.5 Å². The van der Waals surface area contributed by atoms with Gasteiger partial charge in [0, 0.05) is 63.1 Å². The second-order valence-corrected chi connectivity index (χ2v) is 9.07. The largest absolute Gasteiger partial charge is 0.372 e. The summed E-state index contributed by atoms with van der Waals surface area (Å²) in [5, 5.41) is 2.71. The summed E-state index contributed by atoms with van der Waals surface area (Å²) in [6.07, 6.45) is 4.27. The molecule has 3 N–H and O–H groups in total. The Morgan fingerprint density at radius 3 is 2.68 bits per heavy atom. The zero-order valence-corrected chi connectivity index (χ0v) is 17.7. The molecule has 1 aromatic heterocycles. The van der Waals surface area contributed by atoms with E-state index in [1.807, 2.05) is 19.2 Å². The fourth-order valence-electron chi connectivity index (χ4n) is 4.96. The van der Waals surface area contributed by atoms with Crippen LogP contribution in [-0.4, -0.2) is 75.5 Å². The molecule has 28 heavy (non-hydrogen) atoms. The highest BCUT2D eigenvalue weighted by Gasteiger charge is 2.53. The minimum atomic E-state index is -0.364. The molecule has 2 heterocycles. The molecule has 2 fully saturated rings. The van der Waals surface area contributed by atoms with Crippen molar-refractivity contribution in [2.45, 2.75) is 24.9 Å². The predicted molar refractivity (Wildman–Crippen MR) is 110 cm³/mol. The normalized spacial score (nSPS) is 27.7. The Hall–Kier alpha value is -1.48. The molecule has 1 aliphatic carbocycles. The van der Waals surface area contributed by atoms with Crippen LogP contribution in [0.15, 0.2) is 12.1 Å². The van der Waals surface area contributed by atoms with Crippen LogP contribution in [0.3, 0.4) is 0 Å². The highest BCUT2D eigenvalue weighted by molar-refractivity contribution is 7.14. The molecule has 1 aromatic rings. The number of primary amides is 1. The van der Waals surface area contributed by atoms with E-state index in [1.165, 1.54) is 17.8 Å². The van der Waals surface area contributed by atoms with Crippen molar-refractivity contribution in [2.24, 2.45) is 17.6 Å². The van der Waals surface area contributed by atoms with Gasteiger partial charge in [0.1, 0.15) is 5.60 Å². The lowest BCUT2D eigenvalue weighted by Crippen LogP contribution is -2.59. The molecule has 0 spiro atoms. The van der Waals surface area contributed by atoms with Crippen LogP contribution < -0.4 is 11.1 Å². The number of nitrogens with zero attached hydrogens (tertiary/aromatic N) is 2. The number of likely N-dealkylation sites (tertiary alicyclic amines) is 1. The molecule has 7 nitrogen and oxygen atoms in total. The van der Waals surface area contributed by atoms with E-state index in [0.29, 0.717) is 23.3 Å². The van der Waals surface area contributed by atoms with E-state index in [1.54, 1.807) is 0 Å². The highest BCUT2D eigenvalue weighted by atomic mass is 32.1. The molecule has 0 radical (unpaired) electrons. The first kappa shape index (κ1) is 21.2. The number of nitrogens with one attached hydrogen (secondary N) is 1. The minimum Gasteiger partial charge on any atom is -0.372 e. The number of rotatable bonds is 10. The van der Waals surface area contributed by atoms with Crippen molar-refractivity contribution < 1.29 is 14.3 Å². The van der Waals surface area contributed by atoms with Crippen LogP contribution >= 0.6 is 11.3 Å². The van der Waals surface area contributed by atoms with Crippen LogP contribution in [0.5, 0.6) is 0 Å². The molecular weight excluding hydrogens is 376 g/mol. The lowest BCUT2D eigenvalue weighted by atomic mass is 9.64. The zero-order valence-electron chi connectivity index (χ0n) is 16.9. The minimum absolute atomic E-state index is 0.299. The van der Waals surface area contributed by atoms with E-state index >= 15 is 0 Å². The summed E-state index contributed by atoms with van der Waals surface area (Å²) in [5.41, 5.74) is 5.19. The van der Waals surface area contributed by atoms with Crippen molar-refractivity contribution in [3.63, 3.8) is 0 Å². The van der Waals surface area contributed by atoms with Gasteiger partial charge < -0.3 is 25.6 Å². The Bertz CT molecular complexity index is 666. The Morgan fingerprint density at radius 2 is 2.11 bits per heavy atom. The Labute approximate surface area is 171 Å². The van der Waals surface area contributed by atoms with Crippen LogP contribution in [0, 0.1) is 11.8 Å². The molecule has 2 unspecified atom stereocenters. The summed E-state index contributed by atoms with van der Waals surface area (Å²) in [4.78, 5) is 28.5. The fraction of sp³-hybridized carbons (Fsp3) is 0.700. The van der Waals surface area contributed by atoms with Gasteiger partial charge in [-0.1, -0.05) is 6.42 Å². The number of thiophene rings is 1. The maximum atomic E-state index is 11.6. The van der Waals surface area contributed by atoms with Crippen LogP contribution in [-0.2, 0) is 15.1 Å². The second-order valence-electron chi connectivity index (χ2n) is 7.98. The molecular formula is C20H32N4O3S. The van der Waals surface area contributed by atoms with Gasteiger partial charge in [-0.15, -0.1) is 11.3 Å². The number of ether oxygens (including phenoxy) is 1. The molecule has 2 bridgehead atoms. The van der Waals surface area contributed by atoms with Gasteiger partial charge in [0.15, 0.2) is 0 Å². The number of hydrogen-bond donors (Lipinski definition) is 2. The molecule has 1 aliphatic heterocycles. The lowest BCUT2D eigenvalue weighted by molar-refractivity contribution is -0.167. The molecule has 1 saturated carbocycles. The third kappa shape index (κ3) is 4.25. The summed E-state index contributed by atoms with van der Waals surface area (Å²) >= 11 is 1.50. The fourth-order valence-corrected chi connectivity index (χ4v) is 6.15. The molecule has 1 saturated heterocycles. The molecule has 3 rings (SSSR count). The van der Waals surface area contributed by atoms with Gasteiger partial charge in [0.25, 0.3) is 5.91 Å². The average molecular weight is 409 g/mol. The first-order valence-electron chi connectivity index (χ1n) is 10.0. The van der Waals surface area contributed by atoms with Crippen molar-refractivity contribution in [3.8, 4) is 0 Å². The number of carbonyl (C=O) groups excluding carboxylic acids is 2. The van der Waals surface area contributed by atoms with Crippen molar-refractivity contribution in [1.29, 1.82) is 0 Å². The van der Waals surface area contributed by atoms with E-state index in [4.69, 9.17) is 10.5 Å². The molecule has 0 aromatic carbocycles. The van der Waals surface area contributed by atoms with Gasteiger partial charge in [-0.2, -0.15) is 0 Å². The zero-order chi connectivity index (χ0) is 20.1. The van der Waals surface area contributed by atoms with Crippen molar-refractivity contribution in [2.75, 3.05) is 53.4 Å². The summed E-state index contributed by atoms with van der Waals surface area (Å²) in [6.45, 7) is 5.54. The van der Waals surface area contributed by atoms with Gasteiger partial charge in [0.05, 0.1) is 4.88 Å². The number of amides is 2. The number of carbonyl (C=O) groups is 2. The number of likely N-dealkylation sites (N-methyl/N-ethyl adjacent to an activating group) is 1. The first-order chi connectivity index (χ1) is 13.5. The first-order valence-corrected chi connectivity index (χ1v) is 10.9. The maximum Gasteiger partial charge on any atom is 0.258 e. The third-order valence-corrected chi connectivity index (χ3v) is 7.60. The molecule has 2 amide bonds. The van der Waals surface area contributed by atoms with Gasteiger partial charge in [-0.05, 0) is 32.0 Å². The van der Waals surface area contributed by atoms with Crippen LogP contribution in [0.4, 0.5) is 0 Å². The Kier molecular flexibility index (Phi) is 7.09. The quantitative estimate of drug-likeness (QED) is 0.447. The molecule has 156 valence electrons. The molecule has 8 heteroatoms. The average Bonchev–Trinajstić information content (AvgIpc) is 3.16. The van der Waals surface area contributed by atoms with Crippen molar-refractivity contribution in [3.05, 3.63) is 21.9 Å². The molecule has 2 aliphatic rings. The lowest BCUT2D eigenvalue weighted by Gasteiger charge is -2.55. The SMILES string of the molecule is COC1(c2ccc(C(N)=O)s2)C2CCCC1CN(CCN(C)CCNC=O)C2. The standard InChI is InChI=1S/C20H32N4O3S/c1-23(9-8-22-14-25)10-11-24-12-15-4-3-5-16(13-24)20(15,27-2)18-7-6-17(28-18)19(21)26/h6-7,14-16H,3-5,8-13H2,1-2H3,(H2,21,26)(H,22,25). The number of piperidine rings is 1. The van der Waals surface area contributed by atoms with Crippen molar-refractivity contribution in [1.82, 2.24) is 15.1 Å². The van der Waals surface area contributed by atoms with Gasteiger partial charge in [0.2, 0.25) is 6.41 Å². The molecule has 2 atom stereocenters. The van der Waals surface area contributed by atoms with Crippen molar-refractivity contribution >= 4 is 23.7 Å². The number of methoxy groups -OCH3 is 1.